The Morgan fingerprint density at radius 2 is 1.02 bits per heavy atom. The van der Waals surface area contributed by atoms with Crippen molar-refractivity contribution < 1.29 is 51.0 Å². The van der Waals surface area contributed by atoms with Crippen molar-refractivity contribution in [3.05, 3.63) is 150 Å². The standard InChI is InChI=1S/C48H41BN4O2.Pd.Pt/c1-30(2)22-36-10-8-34(44-24-32(5)16-20-50-44)26-46(36)54-38-12-14-40-41-15-13-39(29-43(41)49(42(40)28-38)48-52-18-7-19-53-48)55-47-27-35(9-11-37(47)23-31(3)4)45-25-33(6)17-21-51-45;;/h7-21,24-25,30-31H,22-23H2,1-6H3;;/q-4;2*+2. The number of aryl methyl sites for hydroxylation is 2. The summed E-state index contributed by atoms with van der Waals surface area (Å²) in [6, 6.07) is 40.9. The summed E-state index contributed by atoms with van der Waals surface area (Å²) in [6.07, 6.45) is 8.91. The van der Waals surface area contributed by atoms with Crippen LogP contribution in [0.5, 0.6) is 23.0 Å². The number of rotatable bonds is 11. The summed E-state index contributed by atoms with van der Waals surface area (Å²) in [4.78, 5) is 18.7. The molecule has 0 unspecified atom stereocenters. The van der Waals surface area contributed by atoms with Gasteiger partial charge in [-0.05, 0) is 43.4 Å². The third-order valence-electron chi connectivity index (χ3n) is 9.66. The number of hydrogen-bond donors (Lipinski definition) is 0. The predicted octanol–water partition coefficient (Wildman–Crippen LogP) is 8.89. The van der Waals surface area contributed by atoms with Crippen LogP contribution in [-0.2, 0) is 54.3 Å². The van der Waals surface area contributed by atoms with E-state index in [0.717, 1.165) is 79.7 Å². The van der Waals surface area contributed by atoms with E-state index in [9.17, 15) is 0 Å². The fourth-order valence-corrected chi connectivity index (χ4v) is 7.16. The van der Waals surface area contributed by atoms with Crippen molar-refractivity contribution in [3.63, 3.8) is 0 Å². The molecular weight excluding hydrogens is 977 g/mol. The summed E-state index contributed by atoms with van der Waals surface area (Å²) < 4.78 is 13.4. The van der Waals surface area contributed by atoms with Gasteiger partial charge < -0.3 is 19.4 Å². The average Bonchev–Trinajstić information content (AvgIpc) is 3.49. The molecule has 0 aliphatic carbocycles. The first kappa shape index (κ1) is 41.9. The Hall–Kier alpha value is -4.72. The van der Waals surface area contributed by atoms with E-state index >= 15 is 0 Å². The summed E-state index contributed by atoms with van der Waals surface area (Å²) in [7, 11) is 0. The predicted molar refractivity (Wildman–Crippen MR) is 220 cm³/mol. The molecule has 4 aromatic carbocycles. The molecule has 0 saturated heterocycles. The maximum absolute atomic E-state index is 6.69. The van der Waals surface area contributed by atoms with Gasteiger partial charge in [-0.1, -0.05) is 98.9 Å². The van der Waals surface area contributed by atoms with E-state index in [1.807, 2.05) is 42.7 Å². The first-order chi connectivity index (χ1) is 26.7. The molecule has 0 saturated carbocycles. The van der Waals surface area contributed by atoms with Crippen molar-refractivity contribution in [2.24, 2.45) is 11.8 Å². The Bertz CT molecular complexity index is 2360. The van der Waals surface area contributed by atoms with E-state index in [1.165, 1.54) is 0 Å². The maximum atomic E-state index is 6.69. The monoisotopic (exact) mass is 1020 g/mol. The molecule has 6 nitrogen and oxygen atoms in total. The molecule has 1 aliphatic heterocycles. The molecule has 0 N–H and O–H groups in total. The van der Waals surface area contributed by atoms with Crippen molar-refractivity contribution in [3.8, 4) is 56.6 Å². The number of aromatic nitrogens is 4. The van der Waals surface area contributed by atoms with Crippen LogP contribution >= 0.6 is 0 Å². The Morgan fingerprint density at radius 3 is 1.44 bits per heavy atom. The zero-order chi connectivity index (χ0) is 38.1. The fraction of sp³-hybridized carbons (Fsp3) is 0.208. The molecule has 8 rings (SSSR count). The minimum Gasteiger partial charge on any atom is -0.503 e. The van der Waals surface area contributed by atoms with E-state index in [1.54, 1.807) is 12.4 Å². The summed E-state index contributed by atoms with van der Waals surface area (Å²) in [5, 5.41) is 0. The van der Waals surface area contributed by atoms with Gasteiger partial charge in [0.2, 0.25) is 6.71 Å². The molecule has 4 heterocycles. The molecule has 288 valence electrons. The number of benzene rings is 4. The van der Waals surface area contributed by atoms with Crippen LogP contribution in [-0.4, -0.2) is 26.6 Å². The molecule has 1 aliphatic rings. The zero-order valence-electron chi connectivity index (χ0n) is 32.7. The van der Waals surface area contributed by atoms with Gasteiger partial charge in [0.25, 0.3) is 0 Å². The molecule has 9 heteroatoms. The van der Waals surface area contributed by atoms with Gasteiger partial charge in [0, 0.05) is 47.8 Å². The third-order valence-corrected chi connectivity index (χ3v) is 9.66. The average molecular weight is 1020 g/mol. The van der Waals surface area contributed by atoms with Gasteiger partial charge in [-0.3, -0.25) is 9.97 Å². The van der Waals surface area contributed by atoms with Gasteiger partial charge in [0.05, 0.1) is 5.72 Å². The molecule has 57 heavy (non-hydrogen) atoms. The molecular formula is C48H41BN4O2PdPt. The second-order valence-electron chi connectivity index (χ2n) is 15.1. The molecule has 3 aromatic heterocycles. The van der Waals surface area contributed by atoms with Crippen LogP contribution in [0.3, 0.4) is 0 Å². The van der Waals surface area contributed by atoms with Gasteiger partial charge in [-0.25, -0.2) is 0 Å². The largest absolute Gasteiger partial charge is 2.00 e. The van der Waals surface area contributed by atoms with E-state index < -0.39 is 0 Å². The summed E-state index contributed by atoms with van der Waals surface area (Å²) >= 11 is 0. The van der Waals surface area contributed by atoms with Crippen LogP contribution in [0.25, 0.3) is 33.6 Å². The molecule has 0 fully saturated rings. The second-order valence-corrected chi connectivity index (χ2v) is 15.1. The molecule has 0 spiro atoms. The molecule has 7 aromatic rings. The molecule has 0 atom stereocenters. The Balaban J connectivity index is 0.00000275. The minimum absolute atomic E-state index is 0. The Morgan fingerprint density at radius 1 is 0.561 bits per heavy atom. The third kappa shape index (κ3) is 9.37. The first-order valence-corrected chi connectivity index (χ1v) is 18.9. The normalized spacial score (nSPS) is 11.5. The van der Waals surface area contributed by atoms with E-state index in [2.05, 4.69) is 124 Å². The van der Waals surface area contributed by atoms with Crippen LogP contribution in [0.2, 0.25) is 0 Å². The van der Waals surface area contributed by atoms with Gasteiger partial charge in [-0.15, -0.1) is 59.7 Å². The SMILES string of the molecule is Cc1ccnc(-c2[c-]c(Oc3[c-]c4c(cc3)-c3ccc(Oc5[c-]c(-c6cc(C)ccn6)ccc5CC(C)C)[c-]c3B4c3ncccn3)c(CC(C)C)cc2)c1.[Pd+2].[Pt+2]. The number of pyridine rings is 2. The van der Waals surface area contributed by atoms with Crippen LogP contribution in [0.4, 0.5) is 0 Å². The quantitative estimate of drug-likeness (QED) is 0.0954. The zero-order valence-corrected chi connectivity index (χ0v) is 36.5. The topological polar surface area (TPSA) is 70.0 Å². The van der Waals surface area contributed by atoms with Crippen molar-refractivity contribution in [1.29, 1.82) is 0 Å². The first-order valence-electron chi connectivity index (χ1n) is 18.9. The van der Waals surface area contributed by atoms with Crippen molar-refractivity contribution in [2.75, 3.05) is 0 Å². The van der Waals surface area contributed by atoms with Crippen molar-refractivity contribution in [1.82, 2.24) is 19.9 Å². The van der Waals surface area contributed by atoms with Crippen LogP contribution in [0, 0.1) is 49.9 Å². The molecule has 0 radical (unpaired) electrons. The van der Waals surface area contributed by atoms with E-state index in [4.69, 9.17) is 19.4 Å². The van der Waals surface area contributed by atoms with Crippen LogP contribution in [0.1, 0.15) is 49.9 Å². The van der Waals surface area contributed by atoms with Crippen molar-refractivity contribution in [2.45, 2.75) is 54.4 Å². The van der Waals surface area contributed by atoms with Gasteiger partial charge in [-0.2, -0.15) is 34.2 Å². The van der Waals surface area contributed by atoms with Gasteiger partial charge >= 0.3 is 41.5 Å². The minimum atomic E-state index is -0.331. The van der Waals surface area contributed by atoms with Gasteiger partial charge in [0.1, 0.15) is 0 Å². The van der Waals surface area contributed by atoms with E-state index in [-0.39, 0.29) is 48.2 Å². The Kier molecular flexibility index (Phi) is 13.4. The van der Waals surface area contributed by atoms with Crippen LogP contribution in [0.15, 0.2) is 104 Å². The smallest absolute Gasteiger partial charge is 0.503 e. The van der Waals surface area contributed by atoms with E-state index in [0.29, 0.717) is 40.6 Å². The van der Waals surface area contributed by atoms with Gasteiger partial charge in [0.15, 0.2) is 0 Å². The number of nitrogens with zero attached hydrogens (tertiary/aromatic N) is 4. The number of ether oxygens (including phenoxy) is 2. The summed E-state index contributed by atoms with van der Waals surface area (Å²) in [5.74, 6) is 3.40. The van der Waals surface area contributed by atoms with Crippen molar-refractivity contribution >= 4 is 23.4 Å². The maximum Gasteiger partial charge on any atom is 2.00 e. The molecule has 0 amide bonds. The summed E-state index contributed by atoms with van der Waals surface area (Å²) in [5.41, 5.74) is 12.5. The fourth-order valence-electron chi connectivity index (χ4n) is 7.16. The Labute approximate surface area is 365 Å². The summed E-state index contributed by atoms with van der Waals surface area (Å²) in [6.45, 7) is 12.6. The molecule has 0 bridgehead atoms. The number of fused-ring (bicyclic) bond motifs is 3. The second kappa shape index (κ2) is 18.2. The van der Waals surface area contributed by atoms with Crippen LogP contribution < -0.4 is 26.1 Å². The number of hydrogen-bond acceptors (Lipinski definition) is 6.